The SMILES string of the molecule is Cc1[nH]ncc1CNC(=O)C1CCN(c2cn[nH]c(=O)c2)C1. The van der Waals surface area contributed by atoms with Crippen LogP contribution in [0.2, 0.25) is 0 Å². The Hall–Kier alpha value is -2.64. The molecule has 0 saturated carbocycles. The number of amides is 1. The van der Waals surface area contributed by atoms with Crippen molar-refractivity contribution >= 4 is 11.6 Å². The first-order chi connectivity index (χ1) is 10.6. The Bertz CT molecular complexity index is 722. The number of aryl methyl sites for hydroxylation is 1. The molecule has 2 aromatic rings. The van der Waals surface area contributed by atoms with Crippen molar-refractivity contribution < 1.29 is 4.79 Å². The van der Waals surface area contributed by atoms with Gasteiger partial charge in [-0.3, -0.25) is 14.7 Å². The van der Waals surface area contributed by atoms with E-state index in [4.69, 9.17) is 0 Å². The number of carbonyl (C=O) groups is 1. The van der Waals surface area contributed by atoms with Crippen molar-refractivity contribution in [2.75, 3.05) is 18.0 Å². The number of hydrogen-bond donors (Lipinski definition) is 3. The van der Waals surface area contributed by atoms with Gasteiger partial charge in [0.1, 0.15) is 0 Å². The molecular formula is C14H18N6O2. The maximum Gasteiger partial charge on any atom is 0.266 e. The van der Waals surface area contributed by atoms with E-state index < -0.39 is 0 Å². The van der Waals surface area contributed by atoms with E-state index in [2.05, 4.69) is 25.7 Å². The van der Waals surface area contributed by atoms with Gasteiger partial charge >= 0.3 is 0 Å². The molecule has 0 spiro atoms. The molecular weight excluding hydrogens is 284 g/mol. The molecule has 1 fully saturated rings. The smallest absolute Gasteiger partial charge is 0.266 e. The van der Waals surface area contributed by atoms with Crippen LogP contribution in [0.4, 0.5) is 5.69 Å². The highest BCUT2D eigenvalue weighted by atomic mass is 16.2. The zero-order valence-electron chi connectivity index (χ0n) is 12.3. The molecule has 8 nitrogen and oxygen atoms in total. The molecule has 0 aromatic carbocycles. The number of H-pyrrole nitrogens is 2. The summed E-state index contributed by atoms with van der Waals surface area (Å²) in [4.78, 5) is 25.5. The molecule has 0 bridgehead atoms. The van der Waals surface area contributed by atoms with Gasteiger partial charge in [-0.25, -0.2) is 5.10 Å². The van der Waals surface area contributed by atoms with Crippen molar-refractivity contribution in [1.29, 1.82) is 0 Å². The average Bonchev–Trinajstić information content (AvgIpc) is 3.14. The van der Waals surface area contributed by atoms with E-state index >= 15 is 0 Å². The first-order valence-electron chi connectivity index (χ1n) is 7.19. The van der Waals surface area contributed by atoms with Crippen molar-refractivity contribution in [2.45, 2.75) is 19.9 Å². The first kappa shape index (κ1) is 14.3. The third-order valence-electron chi connectivity index (χ3n) is 3.96. The number of rotatable bonds is 4. The van der Waals surface area contributed by atoms with E-state index in [1.165, 1.54) is 6.07 Å². The summed E-state index contributed by atoms with van der Waals surface area (Å²) < 4.78 is 0. The standard InChI is InChI=1S/C14H18N6O2/c1-9-11(6-16-18-9)5-15-14(22)10-2-3-20(8-10)12-4-13(21)19-17-7-12/h4,6-7,10H,2-3,5,8H2,1H3,(H,15,22)(H,16,18)(H,19,21). The second kappa shape index (κ2) is 6.00. The zero-order chi connectivity index (χ0) is 15.5. The Morgan fingerprint density at radius 1 is 1.41 bits per heavy atom. The summed E-state index contributed by atoms with van der Waals surface area (Å²) >= 11 is 0. The largest absolute Gasteiger partial charge is 0.369 e. The lowest BCUT2D eigenvalue weighted by Crippen LogP contribution is -2.32. The fourth-order valence-electron chi connectivity index (χ4n) is 2.63. The second-order valence-electron chi connectivity index (χ2n) is 5.47. The molecule has 1 aliphatic rings. The summed E-state index contributed by atoms with van der Waals surface area (Å²) in [5, 5.41) is 15.9. The van der Waals surface area contributed by atoms with Crippen LogP contribution in [-0.2, 0) is 11.3 Å². The van der Waals surface area contributed by atoms with Gasteiger partial charge in [-0.1, -0.05) is 0 Å². The third-order valence-corrected chi connectivity index (χ3v) is 3.96. The van der Waals surface area contributed by atoms with E-state index in [0.717, 1.165) is 29.9 Å². The fraction of sp³-hybridized carbons (Fsp3) is 0.429. The maximum atomic E-state index is 12.2. The zero-order valence-corrected chi connectivity index (χ0v) is 12.3. The predicted molar refractivity (Wildman–Crippen MR) is 80.3 cm³/mol. The second-order valence-corrected chi connectivity index (χ2v) is 5.47. The monoisotopic (exact) mass is 302 g/mol. The lowest BCUT2D eigenvalue weighted by Gasteiger charge is -2.17. The molecule has 0 aliphatic carbocycles. The quantitative estimate of drug-likeness (QED) is 0.734. The summed E-state index contributed by atoms with van der Waals surface area (Å²) in [5.74, 6) is -0.0487. The Labute approximate surface area is 126 Å². The highest BCUT2D eigenvalue weighted by Gasteiger charge is 2.28. The molecule has 3 N–H and O–H groups in total. The molecule has 1 unspecified atom stereocenters. The van der Waals surface area contributed by atoms with Gasteiger partial charge in [-0.2, -0.15) is 10.2 Å². The van der Waals surface area contributed by atoms with E-state index in [9.17, 15) is 9.59 Å². The number of carbonyl (C=O) groups excluding carboxylic acids is 1. The van der Waals surface area contributed by atoms with Gasteiger partial charge in [0.05, 0.1) is 24.0 Å². The Morgan fingerprint density at radius 2 is 2.23 bits per heavy atom. The van der Waals surface area contributed by atoms with Gasteiger partial charge in [0.15, 0.2) is 0 Å². The molecule has 3 rings (SSSR count). The van der Waals surface area contributed by atoms with Crippen LogP contribution in [-0.4, -0.2) is 39.4 Å². The molecule has 2 aromatic heterocycles. The van der Waals surface area contributed by atoms with Crippen LogP contribution >= 0.6 is 0 Å². The molecule has 3 heterocycles. The van der Waals surface area contributed by atoms with Crippen molar-refractivity contribution in [3.05, 3.63) is 40.1 Å². The van der Waals surface area contributed by atoms with Crippen LogP contribution in [0.25, 0.3) is 0 Å². The first-order valence-corrected chi connectivity index (χ1v) is 7.19. The van der Waals surface area contributed by atoms with E-state index in [0.29, 0.717) is 13.1 Å². The van der Waals surface area contributed by atoms with Crippen molar-refractivity contribution in [2.24, 2.45) is 5.92 Å². The maximum absolute atomic E-state index is 12.2. The minimum absolute atomic E-state index is 0.0286. The number of nitrogens with zero attached hydrogens (tertiary/aromatic N) is 3. The van der Waals surface area contributed by atoms with Crippen molar-refractivity contribution in [1.82, 2.24) is 25.7 Å². The van der Waals surface area contributed by atoms with Crippen LogP contribution in [0, 0.1) is 12.8 Å². The Kier molecular flexibility index (Phi) is 3.90. The third kappa shape index (κ3) is 3.00. The molecule has 1 amide bonds. The Morgan fingerprint density at radius 3 is 2.95 bits per heavy atom. The van der Waals surface area contributed by atoms with Crippen molar-refractivity contribution in [3.63, 3.8) is 0 Å². The summed E-state index contributed by atoms with van der Waals surface area (Å²) in [5.41, 5.74) is 2.47. The normalized spacial score (nSPS) is 17.7. The van der Waals surface area contributed by atoms with Gasteiger partial charge in [0.2, 0.25) is 5.91 Å². The molecule has 22 heavy (non-hydrogen) atoms. The minimum Gasteiger partial charge on any atom is -0.369 e. The number of nitrogens with one attached hydrogen (secondary N) is 3. The van der Waals surface area contributed by atoms with Crippen molar-refractivity contribution in [3.8, 4) is 0 Å². The molecule has 0 radical (unpaired) electrons. The van der Waals surface area contributed by atoms with E-state index in [1.54, 1.807) is 12.4 Å². The number of aromatic nitrogens is 4. The lowest BCUT2D eigenvalue weighted by atomic mass is 10.1. The average molecular weight is 302 g/mol. The van der Waals surface area contributed by atoms with Crippen LogP contribution < -0.4 is 15.8 Å². The fourth-order valence-corrected chi connectivity index (χ4v) is 2.63. The summed E-state index contributed by atoms with van der Waals surface area (Å²) in [6.45, 7) is 3.74. The minimum atomic E-state index is -0.235. The lowest BCUT2D eigenvalue weighted by molar-refractivity contribution is -0.124. The topological polar surface area (TPSA) is 107 Å². The van der Waals surface area contributed by atoms with Crippen LogP contribution in [0.1, 0.15) is 17.7 Å². The highest BCUT2D eigenvalue weighted by Crippen LogP contribution is 2.22. The summed E-state index contributed by atoms with van der Waals surface area (Å²) in [7, 11) is 0. The molecule has 1 saturated heterocycles. The molecule has 8 heteroatoms. The predicted octanol–water partition coefficient (Wildman–Crippen LogP) is -0.0559. The summed E-state index contributed by atoms with van der Waals surface area (Å²) in [6, 6.07) is 1.50. The van der Waals surface area contributed by atoms with Crippen LogP contribution in [0.5, 0.6) is 0 Å². The molecule has 1 aliphatic heterocycles. The van der Waals surface area contributed by atoms with Gasteiger partial charge in [-0.05, 0) is 13.3 Å². The van der Waals surface area contributed by atoms with Crippen LogP contribution in [0.3, 0.4) is 0 Å². The van der Waals surface area contributed by atoms with E-state index in [-0.39, 0.29) is 17.4 Å². The summed E-state index contributed by atoms with van der Waals surface area (Å²) in [6.07, 6.45) is 4.10. The number of anilines is 1. The van der Waals surface area contributed by atoms with Gasteiger partial charge in [0, 0.05) is 37.0 Å². The van der Waals surface area contributed by atoms with Gasteiger partial charge in [-0.15, -0.1) is 0 Å². The Balaban J connectivity index is 1.57. The number of aromatic amines is 2. The highest BCUT2D eigenvalue weighted by molar-refractivity contribution is 5.80. The van der Waals surface area contributed by atoms with Gasteiger partial charge in [0.25, 0.3) is 5.56 Å². The molecule has 1 atom stereocenters. The van der Waals surface area contributed by atoms with Crippen LogP contribution in [0.15, 0.2) is 23.3 Å². The number of hydrogen-bond acceptors (Lipinski definition) is 5. The van der Waals surface area contributed by atoms with E-state index in [1.807, 2.05) is 11.8 Å². The van der Waals surface area contributed by atoms with Gasteiger partial charge < -0.3 is 10.2 Å². The molecule has 116 valence electrons.